The van der Waals surface area contributed by atoms with E-state index in [1.54, 1.807) is 6.20 Å². The van der Waals surface area contributed by atoms with Crippen molar-refractivity contribution in [3.05, 3.63) is 24.7 Å². The fourth-order valence-electron chi connectivity index (χ4n) is 2.59. The molecule has 4 rings (SSSR count). The topological polar surface area (TPSA) is 118 Å². The van der Waals surface area contributed by atoms with E-state index < -0.39 is 0 Å². The van der Waals surface area contributed by atoms with E-state index >= 15 is 0 Å². The molecule has 3 heterocycles. The average molecular weight is 309 g/mol. The lowest BCUT2D eigenvalue weighted by atomic mass is 10.1. The Bertz CT molecular complexity index is 1000. The summed E-state index contributed by atoms with van der Waals surface area (Å²) in [7, 11) is 0. The van der Waals surface area contributed by atoms with Gasteiger partial charge in [0.05, 0.1) is 23.2 Å². The van der Waals surface area contributed by atoms with Crippen LogP contribution in [0.25, 0.3) is 33.2 Å². The third kappa shape index (κ3) is 2.15. The highest BCUT2D eigenvalue weighted by Crippen LogP contribution is 2.37. The molecule has 0 saturated carbocycles. The van der Waals surface area contributed by atoms with Gasteiger partial charge in [-0.3, -0.25) is 10.2 Å². The minimum atomic E-state index is 0.0212. The molecule has 0 aliphatic heterocycles. The Hall–Kier alpha value is -3.16. The molecule has 3 aromatic heterocycles. The summed E-state index contributed by atoms with van der Waals surface area (Å²) in [6.07, 6.45) is 3.19. The van der Waals surface area contributed by atoms with Crippen molar-refractivity contribution in [2.45, 2.75) is 20.0 Å². The number of hydrogen-bond acceptors (Lipinski definition) is 6. The highest BCUT2D eigenvalue weighted by Gasteiger charge is 2.18. The summed E-state index contributed by atoms with van der Waals surface area (Å²) in [6.45, 7) is 3.95. The van der Waals surface area contributed by atoms with Crippen LogP contribution in [-0.2, 0) is 0 Å². The lowest BCUT2D eigenvalue weighted by Gasteiger charge is -2.13. The Labute approximate surface area is 131 Å². The standard InChI is InChI=1S/C15H15N7O/c1-7(2)23-11-4-10-8(5-19-20-10)3-9(11)13-12-14(16)17-6-18-15(12)22-21-13/h3-7H,1-2H3,(H,19,20)(H3,16,17,18,21,22). The van der Waals surface area contributed by atoms with Crippen molar-refractivity contribution < 1.29 is 4.74 Å². The SMILES string of the molecule is CC(C)Oc1cc2[nH]ncc2cc1-c1n[nH]c2ncnc(N)c12. The highest BCUT2D eigenvalue weighted by atomic mass is 16.5. The fraction of sp³-hybridized carbons (Fsp3) is 0.200. The number of aromatic amines is 2. The number of benzene rings is 1. The molecule has 0 aliphatic carbocycles. The molecule has 8 heteroatoms. The van der Waals surface area contributed by atoms with Crippen LogP contribution in [0.4, 0.5) is 5.82 Å². The summed E-state index contributed by atoms with van der Waals surface area (Å²) in [5.41, 5.74) is 8.99. The van der Waals surface area contributed by atoms with E-state index in [9.17, 15) is 0 Å². The maximum Gasteiger partial charge on any atom is 0.161 e. The van der Waals surface area contributed by atoms with Gasteiger partial charge >= 0.3 is 0 Å². The first kappa shape index (κ1) is 13.5. The molecule has 0 fully saturated rings. The number of nitrogens with zero attached hydrogens (tertiary/aromatic N) is 4. The van der Waals surface area contributed by atoms with Crippen LogP contribution in [0.5, 0.6) is 5.75 Å². The summed E-state index contributed by atoms with van der Waals surface area (Å²) < 4.78 is 5.95. The highest BCUT2D eigenvalue weighted by molar-refractivity contribution is 6.01. The first-order valence-electron chi connectivity index (χ1n) is 7.22. The zero-order valence-electron chi connectivity index (χ0n) is 12.7. The lowest BCUT2D eigenvalue weighted by Crippen LogP contribution is -2.06. The minimum Gasteiger partial charge on any atom is -0.490 e. The molecular weight excluding hydrogens is 294 g/mol. The van der Waals surface area contributed by atoms with Crippen molar-refractivity contribution in [1.29, 1.82) is 0 Å². The van der Waals surface area contributed by atoms with Gasteiger partial charge in [0.2, 0.25) is 0 Å². The lowest BCUT2D eigenvalue weighted by molar-refractivity contribution is 0.244. The number of nitrogen functional groups attached to an aromatic ring is 1. The van der Waals surface area contributed by atoms with Gasteiger partial charge in [-0.2, -0.15) is 10.2 Å². The number of H-pyrrole nitrogens is 2. The summed E-state index contributed by atoms with van der Waals surface area (Å²) >= 11 is 0. The van der Waals surface area contributed by atoms with Crippen LogP contribution in [0.2, 0.25) is 0 Å². The van der Waals surface area contributed by atoms with E-state index in [0.717, 1.165) is 16.5 Å². The quantitative estimate of drug-likeness (QED) is 0.534. The molecule has 0 aliphatic rings. The van der Waals surface area contributed by atoms with Crippen LogP contribution >= 0.6 is 0 Å². The second-order valence-electron chi connectivity index (χ2n) is 5.53. The molecule has 4 N–H and O–H groups in total. The molecule has 4 aromatic rings. The van der Waals surface area contributed by atoms with E-state index in [0.29, 0.717) is 28.3 Å². The molecule has 0 amide bonds. The van der Waals surface area contributed by atoms with E-state index in [4.69, 9.17) is 10.5 Å². The van der Waals surface area contributed by atoms with E-state index in [1.807, 2.05) is 26.0 Å². The molecule has 0 atom stereocenters. The van der Waals surface area contributed by atoms with Gasteiger partial charge in [-0.15, -0.1) is 0 Å². The third-order valence-corrected chi connectivity index (χ3v) is 3.55. The predicted octanol–water partition coefficient (Wildman–Crippen LogP) is 2.27. The predicted molar refractivity (Wildman–Crippen MR) is 86.9 cm³/mol. The molecule has 23 heavy (non-hydrogen) atoms. The third-order valence-electron chi connectivity index (χ3n) is 3.55. The summed E-state index contributed by atoms with van der Waals surface area (Å²) in [5.74, 6) is 1.08. The number of aromatic nitrogens is 6. The smallest absolute Gasteiger partial charge is 0.161 e. The molecule has 0 bridgehead atoms. The molecule has 0 spiro atoms. The van der Waals surface area contributed by atoms with Crippen molar-refractivity contribution in [3.63, 3.8) is 0 Å². The van der Waals surface area contributed by atoms with Gasteiger partial charge in [0.15, 0.2) is 5.65 Å². The van der Waals surface area contributed by atoms with Crippen molar-refractivity contribution in [2.24, 2.45) is 0 Å². The van der Waals surface area contributed by atoms with E-state index in [2.05, 4.69) is 30.4 Å². The zero-order chi connectivity index (χ0) is 16.0. The number of rotatable bonds is 3. The number of fused-ring (bicyclic) bond motifs is 2. The Morgan fingerprint density at radius 3 is 2.87 bits per heavy atom. The first-order chi connectivity index (χ1) is 11.1. The van der Waals surface area contributed by atoms with Crippen LogP contribution < -0.4 is 10.5 Å². The van der Waals surface area contributed by atoms with Crippen LogP contribution in [0.3, 0.4) is 0 Å². The van der Waals surface area contributed by atoms with Crippen LogP contribution in [-0.4, -0.2) is 36.5 Å². The monoisotopic (exact) mass is 309 g/mol. The molecule has 0 unspecified atom stereocenters. The number of anilines is 1. The summed E-state index contributed by atoms with van der Waals surface area (Å²) in [4.78, 5) is 8.22. The molecule has 0 saturated heterocycles. The maximum absolute atomic E-state index is 6.01. The minimum absolute atomic E-state index is 0.0212. The van der Waals surface area contributed by atoms with Crippen molar-refractivity contribution in [3.8, 4) is 17.0 Å². The Kier molecular flexibility index (Phi) is 2.90. The largest absolute Gasteiger partial charge is 0.490 e. The van der Waals surface area contributed by atoms with Crippen LogP contribution in [0, 0.1) is 0 Å². The number of nitrogens with two attached hydrogens (primary N) is 1. The van der Waals surface area contributed by atoms with E-state index in [-0.39, 0.29) is 6.10 Å². The van der Waals surface area contributed by atoms with Gasteiger partial charge in [-0.05, 0) is 19.9 Å². The van der Waals surface area contributed by atoms with Gasteiger partial charge in [-0.25, -0.2) is 9.97 Å². The normalized spacial score (nSPS) is 11.6. The molecule has 0 radical (unpaired) electrons. The van der Waals surface area contributed by atoms with Crippen molar-refractivity contribution in [1.82, 2.24) is 30.4 Å². The molecule has 1 aromatic carbocycles. The van der Waals surface area contributed by atoms with Gasteiger partial charge in [-0.1, -0.05) is 0 Å². The van der Waals surface area contributed by atoms with Crippen molar-refractivity contribution in [2.75, 3.05) is 5.73 Å². The fourth-order valence-corrected chi connectivity index (χ4v) is 2.59. The van der Waals surface area contributed by atoms with Gasteiger partial charge in [0.1, 0.15) is 23.6 Å². The Morgan fingerprint density at radius 2 is 2.04 bits per heavy atom. The number of ether oxygens (including phenoxy) is 1. The molecule has 8 nitrogen and oxygen atoms in total. The van der Waals surface area contributed by atoms with Gasteiger partial charge < -0.3 is 10.5 Å². The average Bonchev–Trinajstić information content (AvgIpc) is 3.12. The zero-order valence-corrected chi connectivity index (χ0v) is 12.7. The maximum atomic E-state index is 6.01. The van der Waals surface area contributed by atoms with E-state index in [1.165, 1.54) is 6.33 Å². The van der Waals surface area contributed by atoms with Gasteiger partial charge in [0.25, 0.3) is 0 Å². The summed E-state index contributed by atoms with van der Waals surface area (Å²) in [6, 6.07) is 3.89. The van der Waals surface area contributed by atoms with Crippen LogP contribution in [0.1, 0.15) is 13.8 Å². The Morgan fingerprint density at radius 1 is 1.17 bits per heavy atom. The van der Waals surface area contributed by atoms with Crippen molar-refractivity contribution >= 4 is 27.8 Å². The number of nitrogens with one attached hydrogen (secondary N) is 2. The second-order valence-corrected chi connectivity index (χ2v) is 5.53. The first-order valence-corrected chi connectivity index (χ1v) is 7.22. The molecule has 116 valence electrons. The second kappa shape index (κ2) is 4.94. The Balaban J connectivity index is 2.02. The number of hydrogen-bond donors (Lipinski definition) is 3. The van der Waals surface area contributed by atoms with Gasteiger partial charge in [0, 0.05) is 17.0 Å². The summed E-state index contributed by atoms with van der Waals surface area (Å²) in [5, 5.41) is 15.9. The molecular formula is C15H15N7O. The van der Waals surface area contributed by atoms with Crippen LogP contribution in [0.15, 0.2) is 24.7 Å².